The van der Waals surface area contributed by atoms with Crippen LogP contribution in [0.4, 0.5) is 11.4 Å². The average Bonchev–Trinajstić information content (AvgIpc) is 3.14. The number of nitrogens with one attached hydrogen (secondary N) is 1. The van der Waals surface area contributed by atoms with Gasteiger partial charge in [0.2, 0.25) is 11.8 Å². The topological polar surface area (TPSA) is 102 Å². The Labute approximate surface area is 167 Å². The summed E-state index contributed by atoms with van der Waals surface area (Å²) in [5.41, 5.74) is 1.56. The maximum Gasteiger partial charge on any atom is 0.339 e. The number of hydrogen-bond acceptors (Lipinski definition) is 6. The van der Waals surface area contributed by atoms with Crippen LogP contribution in [-0.2, 0) is 19.1 Å². The maximum atomic E-state index is 12.6. The zero-order valence-corrected chi connectivity index (χ0v) is 16.0. The molecule has 1 N–H and O–H groups in total. The predicted molar refractivity (Wildman–Crippen MR) is 105 cm³/mol. The zero-order valence-electron chi connectivity index (χ0n) is 16.0. The summed E-state index contributed by atoms with van der Waals surface area (Å²) in [6.45, 7) is 0.152. The first-order valence-corrected chi connectivity index (χ1v) is 8.91. The second kappa shape index (κ2) is 8.55. The van der Waals surface area contributed by atoms with Crippen LogP contribution < -0.4 is 10.2 Å². The fourth-order valence-electron chi connectivity index (χ4n) is 3.16. The monoisotopic (exact) mass is 396 g/mol. The normalized spacial score (nSPS) is 15.7. The summed E-state index contributed by atoms with van der Waals surface area (Å²) in [5.74, 6) is -2.16. The van der Waals surface area contributed by atoms with Gasteiger partial charge in [0.15, 0.2) is 0 Å². The number of rotatable bonds is 5. The van der Waals surface area contributed by atoms with Crippen molar-refractivity contribution in [1.29, 1.82) is 0 Å². The van der Waals surface area contributed by atoms with Crippen molar-refractivity contribution in [1.82, 2.24) is 0 Å². The molecule has 8 nitrogen and oxygen atoms in total. The summed E-state index contributed by atoms with van der Waals surface area (Å²) in [6, 6.07) is 12.9. The average molecular weight is 396 g/mol. The number of amides is 2. The molecule has 2 amide bonds. The van der Waals surface area contributed by atoms with Crippen LogP contribution in [0.3, 0.4) is 0 Å². The smallest absolute Gasteiger partial charge is 0.339 e. The zero-order chi connectivity index (χ0) is 21.0. The van der Waals surface area contributed by atoms with Crippen molar-refractivity contribution in [2.75, 3.05) is 31.0 Å². The van der Waals surface area contributed by atoms with E-state index in [0.717, 1.165) is 0 Å². The van der Waals surface area contributed by atoms with E-state index in [1.165, 1.54) is 19.1 Å². The molecular weight excluding hydrogens is 376 g/mol. The summed E-state index contributed by atoms with van der Waals surface area (Å²) in [5, 5.41) is 2.75. The molecule has 1 aliphatic rings. The van der Waals surface area contributed by atoms with Crippen molar-refractivity contribution in [2.45, 2.75) is 6.42 Å². The molecule has 1 aliphatic heterocycles. The number of benzene rings is 2. The van der Waals surface area contributed by atoms with Crippen LogP contribution in [0.15, 0.2) is 48.5 Å². The van der Waals surface area contributed by atoms with Gasteiger partial charge in [-0.25, -0.2) is 9.59 Å². The fraction of sp³-hybridized carbons (Fsp3) is 0.238. The fourth-order valence-corrected chi connectivity index (χ4v) is 3.16. The number of carbonyl (C=O) groups excluding carboxylic acids is 4. The molecule has 8 heteroatoms. The van der Waals surface area contributed by atoms with Crippen LogP contribution in [-0.4, -0.2) is 44.5 Å². The molecule has 0 aromatic heterocycles. The minimum atomic E-state index is -0.575. The Morgan fingerprint density at radius 3 is 2.28 bits per heavy atom. The number of methoxy groups -OCH3 is 2. The number of para-hydroxylation sites is 1. The lowest BCUT2D eigenvalue weighted by molar-refractivity contribution is -0.122. The van der Waals surface area contributed by atoms with Crippen molar-refractivity contribution in [2.24, 2.45) is 5.92 Å². The lowest BCUT2D eigenvalue weighted by Gasteiger charge is -2.19. The van der Waals surface area contributed by atoms with Crippen LogP contribution in [0.2, 0.25) is 0 Å². The molecule has 1 fully saturated rings. The largest absolute Gasteiger partial charge is 0.465 e. The molecule has 0 bridgehead atoms. The third-order valence-corrected chi connectivity index (χ3v) is 4.67. The Morgan fingerprint density at radius 1 is 0.966 bits per heavy atom. The molecule has 2 aromatic carbocycles. The van der Waals surface area contributed by atoms with Gasteiger partial charge in [-0.05, 0) is 36.4 Å². The minimum absolute atomic E-state index is 0.0293. The van der Waals surface area contributed by atoms with E-state index in [1.54, 1.807) is 48.5 Å². The molecule has 1 heterocycles. The number of hydrogen-bond donors (Lipinski definition) is 1. The molecule has 0 saturated carbocycles. The van der Waals surface area contributed by atoms with Crippen molar-refractivity contribution >= 4 is 35.1 Å². The van der Waals surface area contributed by atoms with Crippen molar-refractivity contribution in [3.05, 3.63) is 59.7 Å². The highest BCUT2D eigenvalue weighted by Crippen LogP contribution is 2.29. The van der Waals surface area contributed by atoms with Gasteiger partial charge in [-0.15, -0.1) is 0 Å². The van der Waals surface area contributed by atoms with Crippen LogP contribution in [0.5, 0.6) is 0 Å². The Balaban J connectivity index is 1.71. The van der Waals surface area contributed by atoms with Gasteiger partial charge in [0, 0.05) is 18.7 Å². The van der Waals surface area contributed by atoms with Crippen LogP contribution in [0.1, 0.15) is 27.1 Å². The summed E-state index contributed by atoms with van der Waals surface area (Å²) in [6.07, 6.45) is 0.0293. The van der Waals surface area contributed by atoms with Crippen LogP contribution in [0, 0.1) is 5.92 Å². The second-order valence-corrected chi connectivity index (χ2v) is 6.47. The lowest BCUT2D eigenvalue weighted by Crippen LogP contribution is -2.29. The molecule has 2 aromatic rings. The lowest BCUT2D eigenvalue weighted by atomic mass is 10.1. The first-order valence-electron chi connectivity index (χ1n) is 8.91. The summed E-state index contributed by atoms with van der Waals surface area (Å²) >= 11 is 0. The number of nitrogens with zero attached hydrogens (tertiary/aromatic N) is 1. The molecule has 0 aliphatic carbocycles. The van der Waals surface area contributed by atoms with Gasteiger partial charge >= 0.3 is 11.9 Å². The van der Waals surface area contributed by atoms with E-state index in [9.17, 15) is 19.2 Å². The summed E-state index contributed by atoms with van der Waals surface area (Å²) in [7, 11) is 2.56. The van der Waals surface area contributed by atoms with Gasteiger partial charge in [-0.1, -0.05) is 12.1 Å². The SMILES string of the molecule is COC(=O)c1ccc(NC(=O)C2CC(=O)N(c3ccccc3C(=O)OC)C2)cc1. The van der Waals surface area contributed by atoms with Gasteiger partial charge in [-0.2, -0.15) is 0 Å². The van der Waals surface area contributed by atoms with Crippen molar-refractivity contribution in [3.8, 4) is 0 Å². The molecule has 150 valence electrons. The predicted octanol–water partition coefficient (Wildman–Crippen LogP) is 2.25. The van der Waals surface area contributed by atoms with Gasteiger partial charge < -0.3 is 19.7 Å². The standard InChI is InChI=1S/C21H20N2O6/c1-28-20(26)13-7-9-15(10-8-13)22-19(25)14-11-18(24)23(12-14)17-6-4-3-5-16(17)21(27)29-2/h3-10,14H,11-12H2,1-2H3,(H,22,25). The highest BCUT2D eigenvalue weighted by Gasteiger charge is 2.36. The minimum Gasteiger partial charge on any atom is -0.465 e. The molecule has 29 heavy (non-hydrogen) atoms. The van der Waals surface area contributed by atoms with E-state index in [4.69, 9.17) is 4.74 Å². The van der Waals surface area contributed by atoms with Crippen LogP contribution >= 0.6 is 0 Å². The molecule has 1 atom stereocenters. The number of carbonyl (C=O) groups is 4. The Kier molecular flexibility index (Phi) is 5.92. The van der Waals surface area contributed by atoms with Gasteiger partial charge in [0.25, 0.3) is 0 Å². The highest BCUT2D eigenvalue weighted by atomic mass is 16.5. The van der Waals surface area contributed by atoms with E-state index in [0.29, 0.717) is 16.9 Å². The third-order valence-electron chi connectivity index (χ3n) is 4.67. The maximum absolute atomic E-state index is 12.6. The third kappa shape index (κ3) is 4.26. The Bertz CT molecular complexity index is 954. The van der Waals surface area contributed by atoms with E-state index in [1.807, 2.05) is 0 Å². The number of esters is 2. The quantitative estimate of drug-likeness (QED) is 0.778. The van der Waals surface area contributed by atoms with Gasteiger partial charge in [0.05, 0.1) is 37.0 Å². The molecule has 1 unspecified atom stereocenters. The summed E-state index contributed by atoms with van der Waals surface area (Å²) < 4.78 is 9.41. The van der Waals surface area contributed by atoms with E-state index in [2.05, 4.69) is 10.1 Å². The molecule has 3 rings (SSSR count). The van der Waals surface area contributed by atoms with Crippen molar-refractivity contribution < 1.29 is 28.7 Å². The molecule has 0 radical (unpaired) electrons. The van der Waals surface area contributed by atoms with E-state index >= 15 is 0 Å². The molecule has 1 saturated heterocycles. The van der Waals surface area contributed by atoms with Crippen molar-refractivity contribution in [3.63, 3.8) is 0 Å². The number of anilines is 2. The Morgan fingerprint density at radius 2 is 1.62 bits per heavy atom. The van der Waals surface area contributed by atoms with Gasteiger partial charge in [-0.3, -0.25) is 9.59 Å². The van der Waals surface area contributed by atoms with Crippen LogP contribution in [0.25, 0.3) is 0 Å². The molecular formula is C21H20N2O6. The highest BCUT2D eigenvalue weighted by molar-refractivity contribution is 6.07. The van der Waals surface area contributed by atoms with E-state index in [-0.39, 0.29) is 30.3 Å². The van der Waals surface area contributed by atoms with Gasteiger partial charge in [0.1, 0.15) is 0 Å². The second-order valence-electron chi connectivity index (χ2n) is 6.47. The summed E-state index contributed by atoms with van der Waals surface area (Å²) in [4.78, 5) is 50.0. The molecule has 0 spiro atoms. The van der Waals surface area contributed by atoms with E-state index < -0.39 is 17.9 Å². The first-order chi connectivity index (χ1) is 13.9. The Hall–Kier alpha value is -3.68. The first kappa shape index (κ1) is 20.1. The number of ether oxygens (including phenoxy) is 2.